The lowest BCUT2D eigenvalue weighted by Gasteiger charge is -2.11. The van der Waals surface area contributed by atoms with Crippen molar-refractivity contribution >= 4 is 39.8 Å². The Bertz CT molecular complexity index is 565. The van der Waals surface area contributed by atoms with Gasteiger partial charge >= 0.3 is 0 Å². The maximum atomic E-state index is 6.30. The van der Waals surface area contributed by atoms with Gasteiger partial charge in [-0.15, -0.1) is 0 Å². The topological polar surface area (TPSA) is 24.9 Å². The van der Waals surface area contributed by atoms with Gasteiger partial charge in [0.25, 0.3) is 0 Å². The summed E-state index contributed by atoms with van der Waals surface area (Å²) in [4.78, 5) is 4.43. The van der Waals surface area contributed by atoms with Gasteiger partial charge < -0.3 is 5.32 Å². The van der Waals surface area contributed by atoms with Crippen molar-refractivity contribution in [1.82, 2.24) is 4.98 Å². The molecule has 4 heteroatoms. The monoisotopic (exact) mass is 254 g/mol. The average Bonchev–Trinajstić information content (AvgIpc) is 2.25. The van der Waals surface area contributed by atoms with E-state index in [1.54, 1.807) is 0 Å². The molecule has 16 heavy (non-hydrogen) atoms. The fourth-order valence-corrected chi connectivity index (χ4v) is 2.33. The summed E-state index contributed by atoms with van der Waals surface area (Å²) in [6.45, 7) is 3.87. The molecule has 2 nitrogen and oxygen atoms in total. The molecule has 0 spiro atoms. The second-order valence-electron chi connectivity index (χ2n) is 3.77. The van der Waals surface area contributed by atoms with E-state index in [2.05, 4.69) is 10.3 Å². The smallest absolute Gasteiger partial charge is 0.0927 e. The molecule has 0 radical (unpaired) electrons. The highest BCUT2D eigenvalue weighted by molar-refractivity contribution is 6.41. The highest BCUT2D eigenvalue weighted by Crippen LogP contribution is 2.36. The molecule has 0 fully saturated rings. The lowest BCUT2D eigenvalue weighted by Crippen LogP contribution is -1.95. The van der Waals surface area contributed by atoms with Crippen molar-refractivity contribution < 1.29 is 0 Å². The molecule has 0 unspecified atom stereocenters. The van der Waals surface area contributed by atoms with Gasteiger partial charge in [-0.05, 0) is 31.5 Å². The number of pyridine rings is 1. The molecule has 1 aromatic heterocycles. The third-order valence-corrected chi connectivity index (χ3v) is 3.33. The Hall–Kier alpha value is -0.990. The van der Waals surface area contributed by atoms with Gasteiger partial charge in [-0.25, -0.2) is 0 Å². The lowest BCUT2D eigenvalue weighted by atomic mass is 10.1. The molecule has 0 aliphatic carbocycles. The van der Waals surface area contributed by atoms with Gasteiger partial charge in [0.05, 0.1) is 15.6 Å². The van der Waals surface area contributed by atoms with E-state index in [1.165, 1.54) is 0 Å². The van der Waals surface area contributed by atoms with Crippen LogP contribution in [0.15, 0.2) is 12.1 Å². The molecule has 84 valence electrons. The Kier molecular flexibility index (Phi) is 2.96. The fraction of sp³-hybridized carbons (Fsp3) is 0.250. The predicted molar refractivity (Wildman–Crippen MR) is 70.8 cm³/mol. The third-order valence-electron chi connectivity index (χ3n) is 2.55. The summed E-state index contributed by atoms with van der Waals surface area (Å²) in [6.07, 6.45) is 0. The molecule has 0 aliphatic heterocycles. The van der Waals surface area contributed by atoms with E-state index in [0.29, 0.717) is 10.0 Å². The van der Waals surface area contributed by atoms with E-state index in [4.69, 9.17) is 23.2 Å². The van der Waals surface area contributed by atoms with Crippen molar-refractivity contribution in [1.29, 1.82) is 0 Å². The van der Waals surface area contributed by atoms with Crippen molar-refractivity contribution in [2.45, 2.75) is 13.8 Å². The minimum Gasteiger partial charge on any atom is -0.387 e. The molecule has 0 saturated carbocycles. The molecule has 0 amide bonds. The molecule has 0 bridgehead atoms. The van der Waals surface area contributed by atoms with Crippen molar-refractivity contribution in [3.05, 3.63) is 33.4 Å². The van der Waals surface area contributed by atoms with Gasteiger partial charge in [0.2, 0.25) is 0 Å². The summed E-state index contributed by atoms with van der Waals surface area (Å²) >= 11 is 12.5. The highest BCUT2D eigenvalue weighted by Gasteiger charge is 2.12. The molecular weight excluding hydrogens is 243 g/mol. The Labute approximate surface area is 105 Å². The number of fused-ring (bicyclic) bond motifs is 1. The normalized spacial score (nSPS) is 10.8. The van der Waals surface area contributed by atoms with Crippen LogP contribution in [0.4, 0.5) is 5.69 Å². The third kappa shape index (κ3) is 1.72. The molecule has 0 aliphatic rings. The quantitative estimate of drug-likeness (QED) is 0.825. The van der Waals surface area contributed by atoms with Crippen molar-refractivity contribution in [2.75, 3.05) is 12.4 Å². The van der Waals surface area contributed by atoms with Crippen molar-refractivity contribution in [2.24, 2.45) is 0 Å². The molecule has 1 N–H and O–H groups in total. The van der Waals surface area contributed by atoms with Gasteiger partial charge in [0.15, 0.2) is 0 Å². The van der Waals surface area contributed by atoms with Crippen molar-refractivity contribution in [3.8, 4) is 0 Å². The van der Waals surface area contributed by atoms with E-state index in [0.717, 1.165) is 27.8 Å². The van der Waals surface area contributed by atoms with Crippen LogP contribution in [0.3, 0.4) is 0 Å². The second-order valence-corrected chi connectivity index (χ2v) is 4.56. The van der Waals surface area contributed by atoms with Crippen molar-refractivity contribution in [3.63, 3.8) is 0 Å². The number of benzene rings is 1. The minimum atomic E-state index is 0.636. The van der Waals surface area contributed by atoms with Gasteiger partial charge in [-0.1, -0.05) is 23.2 Å². The summed E-state index contributed by atoms with van der Waals surface area (Å²) in [5, 5.41) is 5.35. The zero-order valence-electron chi connectivity index (χ0n) is 9.36. The summed E-state index contributed by atoms with van der Waals surface area (Å²) in [5.41, 5.74) is 3.58. The molecule has 1 heterocycles. The standard InChI is InChI=1S/C12H12Cl2N2/c1-6-4-8(13)12-10(11(6)14)9(15-3)5-7(2)16-12/h4-5H,1-3H3,(H,15,16). The first-order valence-electron chi connectivity index (χ1n) is 4.98. The highest BCUT2D eigenvalue weighted by atomic mass is 35.5. The van der Waals surface area contributed by atoms with Crippen LogP contribution in [-0.4, -0.2) is 12.0 Å². The van der Waals surface area contributed by atoms with Crippen LogP contribution in [0.1, 0.15) is 11.3 Å². The largest absolute Gasteiger partial charge is 0.387 e. The number of aromatic nitrogens is 1. The predicted octanol–water partition coefficient (Wildman–Crippen LogP) is 4.20. The number of nitrogens with zero attached hydrogens (tertiary/aromatic N) is 1. The van der Waals surface area contributed by atoms with E-state index in [1.807, 2.05) is 33.0 Å². The van der Waals surface area contributed by atoms with Crippen LogP contribution in [0, 0.1) is 13.8 Å². The molecule has 0 atom stereocenters. The number of aryl methyl sites for hydroxylation is 2. The number of rotatable bonds is 1. The zero-order valence-corrected chi connectivity index (χ0v) is 10.9. The summed E-state index contributed by atoms with van der Waals surface area (Å²) in [7, 11) is 1.86. The van der Waals surface area contributed by atoms with Gasteiger partial charge in [-0.2, -0.15) is 0 Å². The first-order valence-corrected chi connectivity index (χ1v) is 5.74. The summed E-state index contributed by atoms with van der Waals surface area (Å²) in [5.74, 6) is 0. The Balaban J connectivity index is 2.99. The van der Waals surface area contributed by atoms with Crippen LogP contribution >= 0.6 is 23.2 Å². The minimum absolute atomic E-state index is 0.636. The lowest BCUT2D eigenvalue weighted by molar-refractivity contribution is 1.25. The Morgan fingerprint density at radius 1 is 1.19 bits per heavy atom. The molecular formula is C12H12Cl2N2. The number of halogens is 2. The maximum absolute atomic E-state index is 6.30. The molecule has 2 rings (SSSR count). The second kappa shape index (κ2) is 4.11. The van der Waals surface area contributed by atoms with Crippen LogP contribution < -0.4 is 5.32 Å². The van der Waals surface area contributed by atoms with Gasteiger partial charge in [0, 0.05) is 23.8 Å². The molecule has 0 saturated heterocycles. The zero-order chi connectivity index (χ0) is 11.9. The number of hydrogen-bond donors (Lipinski definition) is 1. The molecule has 2 aromatic rings. The SMILES string of the molecule is CNc1cc(C)nc2c(Cl)cc(C)c(Cl)c12. The van der Waals surface area contributed by atoms with Gasteiger partial charge in [-0.3, -0.25) is 4.98 Å². The number of nitrogens with one attached hydrogen (secondary N) is 1. The number of hydrogen-bond acceptors (Lipinski definition) is 2. The summed E-state index contributed by atoms with van der Waals surface area (Å²) in [6, 6.07) is 3.81. The van der Waals surface area contributed by atoms with E-state index in [-0.39, 0.29) is 0 Å². The Morgan fingerprint density at radius 2 is 1.88 bits per heavy atom. The maximum Gasteiger partial charge on any atom is 0.0927 e. The van der Waals surface area contributed by atoms with E-state index in [9.17, 15) is 0 Å². The Morgan fingerprint density at radius 3 is 2.50 bits per heavy atom. The average molecular weight is 255 g/mol. The van der Waals surface area contributed by atoms with Gasteiger partial charge in [0.1, 0.15) is 0 Å². The summed E-state index contributed by atoms with van der Waals surface area (Å²) < 4.78 is 0. The van der Waals surface area contributed by atoms with Crippen LogP contribution in [0.5, 0.6) is 0 Å². The van der Waals surface area contributed by atoms with Crippen LogP contribution in [0.2, 0.25) is 10.0 Å². The number of anilines is 1. The molecule has 1 aromatic carbocycles. The van der Waals surface area contributed by atoms with E-state index >= 15 is 0 Å². The fourth-order valence-electron chi connectivity index (χ4n) is 1.78. The van der Waals surface area contributed by atoms with Crippen LogP contribution in [-0.2, 0) is 0 Å². The first-order chi connectivity index (χ1) is 7.54. The van der Waals surface area contributed by atoms with E-state index < -0.39 is 0 Å². The first kappa shape index (κ1) is 11.5. The van der Waals surface area contributed by atoms with Crippen LogP contribution in [0.25, 0.3) is 10.9 Å².